The molecular weight excluding hydrogens is 376 g/mol. The number of methoxy groups -OCH3 is 1. The summed E-state index contributed by atoms with van der Waals surface area (Å²) in [5, 5.41) is 5.05. The fourth-order valence-corrected chi connectivity index (χ4v) is 2.95. The van der Waals surface area contributed by atoms with Crippen LogP contribution in [0.3, 0.4) is 0 Å². The van der Waals surface area contributed by atoms with E-state index >= 15 is 0 Å². The Bertz CT molecular complexity index is 1220. The predicted octanol–water partition coefficient (Wildman–Crippen LogP) is 3.48. The molecule has 29 heavy (non-hydrogen) atoms. The molecule has 0 bridgehead atoms. The number of rotatable bonds is 6. The highest BCUT2D eigenvalue weighted by Gasteiger charge is 2.17. The van der Waals surface area contributed by atoms with E-state index in [-0.39, 0.29) is 12.4 Å². The lowest BCUT2D eigenvalue weighted by molar-refractivity contribution is 0.0600. The average molecular weight is 394 g/mol. The van der Waals surface area contributed by atoms with Crippen molar-refractivity contribution >= 4 is 16.9 Å². The monoisotopic (exact) mass is 394 g/mol. The van der Waals surface area contributed by atoms with Crippen molar-refractivity contribution < 1.29 is 23.1 Å². The summed E-state index contributed by atoms with van der Waals surface area (Å²) in [5.41, 5.74) is 1.78. The Morgan fingerprint density at radius 3 is 2.66 bits per heavy atom. The molecule has 0 radical (unpaired) electrons. The number of hydrogen-bond acceptors (Lipinski definition) is 7. The molecule has 0 atom stereocenters. The van der Waals surface area contributed by atoms with Crippen molar-refractivity contribution in [3.63, 3.8) is 0 Å². The maximum Gasteiger partial charge on any atom is 0.437 e. The van der Waals surface area contributed by atoms with Gasteiger partial charge in [-0.15, -0.1) is 5.10 Å². The molecule has 2 aromatic heterocycles. The summed E-state index contributed by atoms with van der Waals surface area (Å²) in [5.74, 6) is 0.00359. The van der Waals surface area contributed by atoms with Gasteiger partial charge in [-0.05, 0) is 36.8 Å². The number of para-hydroxylation sites is 1. The minimum Gasteiger partial charge on any atom is -0.490 e. The Labute approximate surface area is 165 Å². The first-order valence-electron chi connectivity index (χ1n) is 9.00. The standard InChI is InChI=1S/C21H18N2O6/c1-3-27-16-6-4-5-15-11-17(28-18(15)16)19-22-23(21(25)29-19)12-13-7-9-14(10-8-13)20(24)26-2/h4-11H,3,12H2,1-2H3. The van der Waals surface area contributed by atoms with E-state index in [0.717, 1.165) is 10.9 Å². The number of ether oxygens (including phenoxy) is 2. The van der Waals surface area contributed by atoms with Crippen LogP contribution >= 0.6 is 0 Å². The Morgan fingerprint density at radius 1 is 1.14 bits per heavy atom. The molecule has 4 rings (SSSR count). The fourth-order valence-electron chi connectivity index (χ4n) is 2.95. The van der Waals surface area contributed by atoms with E-state index in [1.54, 1.807) is 30.3 Å². The summed E-state index contributed by atoms with van der Waals surface area (Å²) in [4.78, 5) is 23.7. The van der Waals surface area contributed by atoms with Crippen molar-refractivity contribution in [3.05, 3.63) is 70.2 Å². The smallest absolute Gasteiger partial charge is 0.437 e. The van der Waals surface area contributed by atoms with Gasteiger partial charge in [0.1, 0.15) is 0 Å². The SMILES string of the molecule is CCOc1cccc2cc(-c3nn(Cc4ccc(C(=O)OC)cc4)c(=O)o3)oc12. The molecule has 0 fully saturated rings. The number of carbonyl (C=O) groups excluding carboxylic acids is 1. The van der Waals surface area contributed by atoms with Crippen LogP contribution in [0.25, 0.3) is 22.6 Å². The van der Waals surface area contributed by atoms with Crippen LogP contribution in [0.15, 0.2) is 62.2 Å². The molecule has 148 valence electrons. The van der Waals surface area contributed by atoms with Crippen LogP contribution in [-0.2, 0) is 11.3 Å². The van der Waals surface area contributed by atoms with E-state index in [1.807, 2.05) is 25.1 Å². The van der Waals surface area contributed by atoms with Gasteiger partial charge < -0.3 is 18.3 Å². The Balaban J connectivity index is 1.61. The maximum atomic E-state index is 12.2. The lowest BCUT2D eigenvalue weighted by atomic mass is 10.1. The molecule has 0 amide bonds. The zero-order valence-electron chi connectivity index (χ0n) is 15.9. The van der Waals surface area contributed by atoms with Gasteiger partial charge in [0.2, 0.25) is 0 Å². The minimum absolute atomic E-state index is 0.0832. The van der Waals surface area contributed by atoms with Crippen LogP contribution in [0.4, 0.5) is 0 Å². The van der Waals surface area contributed by atoms with E-state index in [9.17, 15) is 9.59 Å². The molecule has 8 nitrogen and oxygen atoms in total. The van der Waals surface area contributed by atoms with Gasteiger partial charge in [0.25, 0.3) is 5.89 Å². The number of aromatic nitrogens is 2. The lowest BCUT2D eigenvalue weighted by Gasteiger charge is -2.02. The maximum absolute atomic E-state index is 12.2. The minimum atomic E-state index is -0.609. The van der Waals surface area contributed by atoms with Crippen LogP contribution in [0.1, 0.15) is 22.8 Å². The second kappa shape index (κ2) is 7.67. The number of carbonyl (C=O) groups is 1. The summed E-state index contributed by atoms with van der Waals surface area (Å²) in [6, 6.07) is 14.0. The van der Waals surface area contributed by atoms with E-state index in [2.05, 4.69) is 9.84 Å². The van der Waals surface area contributed by atoms with Gasteiger partial charge >= 0.3 is 11.7 Å². The largest absolute Gasteiger partial charge is 0.490 e. The van der Waals surface area contributed by atoms with Crippen molar-refractivity contribution in [3.8, 4) is 17.4 Å². The molecule has 4 aromatic rings. The predicted molar refractivity (Wildman–Crippen MR) is 104 cm³/mol. The highest BCUT2D eigenvalue weighted by Crippen LogP contribution is 2.32. The van der Waals surface area contributed by atoms with Crippen LogP contribution in [0.5, 0.6) is 5.75 Å². The Hall–Kier alpha value is -3.81. The van der Waals surface area contributed by atoms with Crippen LogP contribution < -0.4 is 10.5 Å². The third-order valence-electron chi connectivity index (χ3n) is 4.33. The van der Waals surface area contributed by atoms with Crippen molar-refractivity contribution in [2.24, 2.45) is 0 Å². The summed E-state index contributed by atoms with van der Waals surface area (Å²) in [7, 11) is 1.32. The molecule has 0 saturated carbocycles. The summed E-state index contributed by atoms with van der Waals surface area (Å²) >= 11 is 0. The number of benzene rings is 2. The highest BCUT2D eigenvalue weighted by molar-refractivity contribution is 5.89. The zero-order valence-corrected chi connectivity index (χ0v) is 15.9. The Morgan fingerprint density at radius 2 is 1.93 bits per heavy atom. The van der Waals surface area contributed by atoms with Crippen molar-refractivity contribution in [2.45, 2.75) is 13.5 Å². The normalized spacial score (nSPS) is 11.0. The van der Waals surface area contributed by atoms with Crippen molar-refractivity contribution in [1.29, 1.82) is 0 Å². The molecule has 8 heteroatoms. The van der Waals surface area contributed by atoms with Crippen LogP contribution in [0.2, 0.25) is 0 Å². The molecule has 2 aromatic carbocycles. The third-order valence-corrected chi connectivity index (χ3v) is 4.33. The number of esters is 1. The first kappa shape index (κ1) is 18.5. The number of nitrogens with zero attached hydrogens (tertiary/aromatic N) is 2. The third kappa shape index (κ3) is 3.64. The molecule has 0 aliphatic rings. The molecule has 0 unspecified atom stereocenters. The van der Waals surface area contributed by atoms with Gasteiger partial charge in [-0.25, -0.2) is 9.59 Å². The van der Waals surface area contributed by atoms with Gasteiger partial charge in [0.05, 0.1) is 25.8 Å². The molecule has 0 spiro atoms. The molecule has 0 saturated heterocycles. The second-order valence-electron chi connectivity index (χ2n) is 6.24. The van der Waals surface area contributed by atoms with Gasteiger partial charge in [0, 0.05) is 5.39 Å². The van der Waals surface area contributed by atoms with E-state index < -0.39 is 11.7 Å². The highest BCUT2D eigenvalue weighted by atomic mass is 16.5. The molecule has 2 heterocycles. The van der Waals surface area contributed by atoms with Gasteiger partial charge in [-0.2, -0.15) is 4.68 Å². The van der Waals surface area contributed by atoms with E-state index in [0.29, 0.717) is 29.3 Å². The van der Waals surface area contributed by atoms with Gasteiger partial charge in [-0.1, -0.05) is 24.3 Å². The molecule has 0 aliphatic heterocycles. The van der Waals surface area contributed by atoms with Crippen LogP contribution in [-0.4, -0.2) is 29.5 Å². The summed E-state index contributed by atoms with van der Waals surface area (Å²) < 4.78 is 22.5. The fraction of sp³-hybridized carbons (Fsp3) is 0.190. The average Bonchev–Trinajstić information content (AvgIpc) is 3.33. The molecular formula is C21H18N2O6. The zero-order chi connectivity index (χ0) is 20.4. The van der Waals surface area contributed by atoms with Gasteiger partial charge in [-0.3, -0.25) is 0 Å². The number of furan rings is 1. The second-order valence-corrected chi connectivity index (χ2v) is 6.24. The quantitative estimate of drug-likeness (QED) is 0.462. The molecule has 0 N–H and O–H groups in total. The van der Waals surface area contributed by atoms with Crippen molar-refractivity contribution in [1.82, 2.24) is 9.78 Å². The molecule has 0 aliphatic carbocycles. The number of fused-ring (bicyclic) bond motifs is 1. The Kier molecular flexibility index (Phi) is 4.90. The van der Waals surface area contributed by atoms with E-state index in [4.69, 9.17) is 13.6 Å². The lowest BCUT2D eigenvalue weighted by Crippen LogP contribution is -2.16. The van der Waals surface area contributed by atoms with E-state index in [1.165, 1.54) is 11.8 Å². The van der Waals surface area contributed by atoms with Gasteiger partial charge in [0.15, 0.2) is 17.1 Å². The first-order valence-corrected chi connectivity index (χ1v) is 9.00. The van der Waals surface area contributed by atoms with Crippen LogP contribution in [0, 0.1) is 0 Å². The summed E-state index contributed by atoms with van der Waals surface area (Å²) in [6.45, 7) is 2.59. The number of hydrogen-bond donors (Lipinski definition) is 0. The first-order chi connectivity index (χ1) is 14.1. The summed E-state index contributed by atoms with van der Waals surface area (Å²) in [6.07, 6.45) is 0. The van der Waals surface area contributed by atoms with Crippen molar-refractivity contribution in [2.75, 3.05) is 13.7 Å². The topological polar surface area (TPSA) is 96.7 Å².